The predicted molar refractivity (Wildman–Crippen MR) is 182 cm³/mol. The molecule has 44 heavy (non-hydrogen) atoms. The molecule has 0 aliphatic carbocycles. The molecule has 5 nitrogen and oxygen atoms in total. The summed E-state index contributed by atoms with van der Waals surface area (Å²) in [4.78, 5) is 10.1. The highest BCUT2D eigenvalue weighted by atomic mass is 79.9. The number of hydrogen-bond acceptors (Lipinski definition) is 5. The van der Waals surface area contributed by atoms with E-state index in [-0.39, 0.29) is 0 Å². The van der Waals surface area contributed by atoms with E-state index in [0.717, 1.165) is 63.4 Å². The first-order valence-electron chi connectivity index (χ1n) is 15.8. The summed E-state index contributed by atoms with van der Waals surface area (Å²) in [6, 6.07) is 34.8. The van der Waals surface area contributed by atoms with E-state index in [2.05, 4.69) is 112 Å². The second-order valence-corrected chi connectivity index (χ2v) is 13.6. The molecule has 1 N–H and O–H groups in total. The number of ether oxygens (including phenoxy) is 1. The van der Waals surface area contributed by atoms with Gasteiger partial charge in [-0.3, -0.25) is 4.90 Å². The summed E-state index contributed by atoms with van der Waals surface area (Å²) < 4.78 is 6.96. The summed E-state index contributed by atoms with van der Waals surface area (Å²) in [5, 5.41) is 16.6. The minimum absolute atomic E-state index is 0.396. The average Bonchev–Trinajstić information content (AvgIpc) is 3.62. The van der Waals surface area contributed by atoms with Crippen molar-refractivity contribution in [2.24, 2.45) is 0 Å². The van der Waals surface area contributed by atoms with E-state index in [1.54, 1.807) is 7.11 Å². The smallest absolute Gasteiger partial charge is 0.217 e. The molecule has 2 aliphatic heterocycles. The van der Waals surface area contributed by atoms with Gasteiger partial charge in [-0.1, -0.05) is 82.7 Å². The summed E-state index contributed by atoms with van der Waals surface area (Å²) in [6.07, 6.45) is 3.86. The number of piperazine rings is 1. The SMILES string of the molecule is COc1nc2ccc(Br)cc2cc1C(c1ccccc1)C(O)(CCCCN1CC2CC1CN2C)c1ccc2ccccc2c1. The molecule has 226 valence electrons. The lowest BCUT2D eigenvalue weighted by Crippen LogP contribution is -2.44. The number of aromatic nitrogens is 1. The van der Waals surface area contributed by atoms with Crippen LogP contribution in [0, 0.1) is 0 Å². The van der Waals surface area contributed by atoms with E-state index in [4.69, 9.17) is 9.72 Å². The second kappa shape index (κ2) is 12.2. The van der Waals surface area contributed by atoms with Gasteiger partial charge < -0.3 is 14.7 Å². The third-order valence-corrected chi connectivity index (χ3v) is 10.5. The molecule has 0 amide bonds. The Morgan fingerprint density at radius 2 is 1.68 bits per heavy atom. The number of benzene rings is 4. The van der Waals surface area contributed by atoms with Crippen LogP contribution in [0.2, 0.25) is 0 Å². The van der Waals surface area contributed by atoms with Gasteiger partial charge in [0.2, 0.25) is 5.88 Å². The lowest BCUT2D eigenvalue weighted by molar-refractivity contribution is 0.00633. The number of fused-ring (bicyclic) bond motifs is 4. The second-order valence-electron chi connectivity index (χ2n) is 12.7. The number of likely N-dealkylation sites (N-methyl/N-ethyl adjacent to an activating group) is 1. The van der Waals surface area contributed by atoms with Crippen molar-refractivity contribution in [2.75, 3.05) is 33.8 Å². The van der Waals surface area contributed by atoms with Crippen LogP contribution in [0.5, 0.6) is 5.88 Å². The Morgan fingerprint density at radius 1 is 0.886 bits per heavy atom. The van der Waals surface area contributed by atoms with Gasteiger partial charge >= 0.3 is 0 Å². The summed E-state index contributed by atoms with van der Waals surface area (Å²) in [7, 11) is 3.93. The quantitative estimate of drug-likeness (QED) is 0.157. The molecule has 2 fully saturated rings. The van der Waals surface area contributed by atoms with Gasteiger partial charge in [-0.05, 0) is 91.5 Å². The van der Waals surface area contributed by atoms with Gasteiger partial charge in [-0.15, -0.1) is 0 Å². The molecule has 2 aliphatic rings. The number of methoxy groups -OCH3 is 1. The lowest BCUT2D eigenvalue weighted by Gasteiger charge is -2.39. The zero-order valence-corrected chi connectivity index (χ0v) is 27.1. The van der Waals surface area contributed by atoms with E-state index in [1.807, 2.05) is 18.2 Å². The molecule has 4 unspecified atom stereocenters. The summed E-state index contributed by atoms with van der Waals surface area (Å²) >= 11 is 3.64. The van der Waals surface area contributed by atoms with Gasteiger partial charge in [0.1, 0.15) is 5.60 Å². The van der Waals surface area contributed by atoms with E-state index in [1.165, 1.54) is 18.4 Å². The Kier molecular flexibility index (Phi) is 8.19. The molecule has 0 saturated carbocycles. The Bertz CT molecular complexity index is 1780. The number of likely N-dealkylation sites (tertiary alicyclic amines) is 2. The first kappa shape index (κ1) is 29.4. The molecule has 0 radical (unpaired) electrons. The highest BCUT2D eigenvalue weighted by molar-refractivity contribution is 9.10. The number of rotatable bonds is 10. The highest BCUT2D eigenvalue weighted by Crippen LogP contribution is 2.48. The minimum atomic E-state index is -1.20. The van der Waals surface area contributed by atoms with Crippen molar-refractivity contribution < 1.29 is 9.84 Å². The van der Waals surface area contributed by atoms with Gasteiger partial charge in [-0.25, -0.2) is 4.98 Å². The van der Waals surface area contributed by atoms with E-state index >= 15 is 0 Å². The normalized spacial score (nSPS) is 20.7. The van der Waals surface area contributed by atoms with E-state index in [0.29, 0.717) is 24.4 Å². The fraction of sp³-hybridized carbons (Fsp3) is 0.342. The number of aliphatic hydroxyl groups is 1. The molecule has 7 rings (SSSR count). The maximum atomic E-state index is 13.3. The van der Waals surface area contributed by atoms with Crippen molar-refractivity contribution in [3.8, 4) is 5.88 Å². The van der Waals surface area contributed by atoms with E-state index < -0.39 is 11.5 Å². The van der Waals surface area contributed by atoms with Crippen LogP contribution in [0.3, 0.4) is 0 Å². The summed E-state index contributed by atoms with van der Waals surface area (Å²) in [5.41, 5.74) is 2.51. The maximum absolute atomic E-state index is 13.3. The van der Waals surface area contributed by atoms with Crippen LogP contribution >= 0.6 is 15.9 Å². The van der Waals surface area contributed by atoms with Gasteiger partial charge in [0.15, 0.2) is 0 Å². The third-order valence-electron chi connectivity index (χ3n) is 10.0. The first-order valence-corrected chi connectivity index (χ1v) is 16.6. The first-order chi connectivity index (χ1) is 21.4. The molecule has 2 saturated heterocycles. The van der Waals surface area contributed by atoms with Crippen LogP contribution in [-0.4, -0.2) is 65.8 Å². The molecule has 3 heterocycles. The van der Waals surface area contributed by atoms with Crippen molar-refractivity contribution in [3.05, 3.63) is 118 Å². The predicted octanol–water partition coefficient (Wildman–Crippen LogP) is 7.74. The standard InChI is InChI=1S/C38H40BrN3O2/c1-41-24-33-23-32(41)25-42(33)19-9-8-18-38(43,30-15-14-26-10-6-7-13-28(26)20-30)36(27-11-4-3-5-12-27)34-22-29-21-31(39)16-17-35(29)40-37(34)44-2/h3-7,10-17,20-22,32-33,36,43H,8-9,18-19,23-25H2,1-2H3. The molecule has 0 spiro atoms. The van der Waals surface area contributed by atoms with Crippen molar-refractivity contribution >= 4 is 37.6 Å². The van der Waals surface area contributed by atoms with Crippen molar-refractivity contribution in [2.45, 2.75) is 49.3 Å². The summed E-state index contributed by atoms with van der Waals surface area (Å²) in [5.74, 6) is 0.150. The summed E-state index contributed by atoms with van der Waals surface area (Å²) in [6.45, 7) is 3.42. The lowest BCUT2D eigenvalue weighted by atomic mass is 9.71. The number of halogens is 1. The van der Waals surface area contributed by atoms with Crippen LogP contribution in [0.15, 0.2) is 102 Å². The van der Waals surface area contributed by atoms with E-state index in [9.17, 15) is 5.11 Å². The zero-order valence-electron chi connectivity index (χ0n) is 25.5. The van der Waals surface area contributed by atoms with Gasteiger partial charge in [-0.2, -0.15) is 0 Å². The number of unbranched alkanes of at least 4 members (excludes halogenated alkanes) is 1. The third kappa shape index (κ3) is 5.54. The number of nitrogens with zero attached hydrogens (tertiary/aromatic N) is 3. The average molecular weight is 651 g/mol. The molecule has 2 bridgehead atoms. The monoisotopic (exact) mass is 649 g/mol. The fourth-order valence-corrected chi connectivity index (χ4v) is 8.10. The Balaban J connectivity index is 1.31. The fourth-order valence-electron chi connectivity index (χ4n) is 7.72. The molecule has 4 atom stereocenters. The van der Waals surface area contributed by atoms with Crippen molar-refractivity contribution in [1.29, 1.82) is 0 Å². The van der Waals surface area contributed by atoms with Crippen LogP contribution in [-0.2, 0) is 5.60 Å². The number of hydrogen-bond donors (Lipinski definition) is 1. The minimum Gasteiger partial charge on any atom is -0.481 e. The molecular formula is C38H40BrN3O2. The van der Waals surface area contributed by atoms with Crippen LogP contribution in [0.25, 0.3) is 21.7 Å². The van der Waals surface area contributed by atoms with Crippen LogP contribution in [0.1, 0.15) is 48.3 Å². The van der Waals surface area contributed by atoms with Crippen molar-refractivity contribution in [1.82, 2.24) is 14.8 Å². The molecule has 4 aromatic carbocycles. The largest absolute Gasteiger partial charge is 0.481 e. The van der Waals surface area contributed by atoms with Gasteiger partial charge in [0.25, 0.3) is 0 Å². The number of pyridine rings is 1. The molecule has 1 aromatic heterocycles. The Hall–Kier alpha value is -3.29. The van der Waals surface area contributed by atoms with Crippen molar-refractivity contribution in [3.63, 3.8) is 0 Å². The zero-order chi connectivity index (χ0) is 30.3. The van der Waals surface area contributed by atoms with Crippen LogP contribution in [0.4, 0.5) is 0 Å². The van der Waals surface area contributed by atoms with Gasteiger partial charge in [0.05, 0.1) is 12.6 Å². The molecular weight excluding hydrogens is 610 g/mol. The molecule has 5 aromatic rings. The van der Waals surface area contributed by atoms with Crippen LogP contribution < -0.4 is 4.74 Å². The Labute approximate surface area is 268 Å². The highest BCUT2D eigenvalue weighted by Gasteiger charge is 2.43. The topological polar surface area (TPSA) is 48.8 Å². The molecule has 6 heteroatoms. The van der Waals surface area contributed by atoms with Gasteiger partial charge in [0, 0.05) is 46.5 Å². The maximum Gasteiger partial charge on any atom is 0.217 e. The Morgan fingerprint density at radius 3 is 2.43 bits per heavy atom.